The summed E-state index contributed by atoms with van der Waals surface area (Å²) in [5, 5.41) is 0. The quantitative estimate of drug-likeness (QED) is 0.650. The molecular weight excluding hydrogens is 418 g/mol. The fourth-order valence-corrected chi connectivity index (χ4v) is 3.76. The van der Waals surface area contributed by atoms with Gasteiger partial charge in [-0.25, -0.2) is 8.42 Å². The molecule has 2 aromatic rings. The van der Waals surface area contributed by atoms with E-state index in [1.165, 1.54) is 4.31 Å². The van der Waals surface area contributed by atoms with Crippen molar-refractivity contribution in [2.24, 2.45) is 0 Å². The SMILES string of the molecule is C=CCN(c1ccc(Br)cc1)S(=O)(=O)c1ccc(Br)cc1. The summed E-state index contributed by atoms with van der Waals surface area (Å²) in [5.74, 6) is 0. The van der Waals surface area contributed by atoms with Gasteiger partial charge in [0.25, 0.3) is 10.0 Å². The predicted octanol–water partition coefficient (Wildman–Crippen LogP) is 4.59. The molecule has 3 nitrogen and oxygen atoms in total. The summed E-state index contributed by atoms with van der Waals surface area (Å²) >= 11 is 6.65. The molecule has 0 amide bonds. The second-order valence-electron chi connectivity index (χ2n) is 4.26. The van der Waals surface area contributed by atoms with Crippen molar-refractivity contribution in [2.75, 3.05) is 10.8 Å². The molecular formula is C15H13Br2NO2S. The van der Waals surface area contributed by atoms with E-state index in [1.54, 1.807) is 42.5 Å². The highest BCUT2D eigenvalue weighted by Gasteiger charge is 2.23. The number of anilines is 1. The highest BCUT2D eigenvalue weighted by Crippen LogP contribution is 2.26. The number of sulfonamides is 1. The summed E-state index contributed by atoms with van der Waals surface area (Å²) in [7, 11) is -3.62. The molecule has 0 aliphatic rings. The lowest BCUT2D eigenvalue weighted by Gasteiger charge is -2.23. The van der Waals surface area contributed by atoms with Crippen molar-refractivity contribution in [1.29, 1.82) is 0 Å². The standard InChI is InChI=1S/C15H13Br2NO2S/c1-2-11-18(14-7-3-12(16)4-8-14)21(19,20)15-9-5-13(17)6-10-15/h2-10H,1,11H2. The molecule has 0 spiro atoms. The average Bonchev–Trinajstić information content (AvgIpc) is 2.46. The zero-order valence-corrected chi connectivity index (χ0v) is 15.0. The molecule has 0 heterocycles. The van der Waals surface area contributed by atoms with Crippen molar-refractivity contribution in [2.45, 2.75) is 4.90 Å². The zero-order valence-electron chi connectivity index (χ0n) is 11.0. The van der Waals surface area contributed by atoms with E-state index in [9.17, 15) is 8.42 Å². The van der Waals surface area contributed by atoms with Crippen molar-refractivity contribution in [3.8, 4) is 0 Å². The fourth-order valence-electron chi connectivity index (χ4n) is 1.80. The monoisotopic (exact) mass is 429 g/mol. The van der Waals surface area contributed by atoms with E-state index in [4.69, 9.17) is 0 Å². The highest BCUT2D eigenvalue weighted by atomic mass is 79.9. The van der Waals surface area contributed by atoms with E-state index in [1.807, 2.05) is 12.1 Å². The fraction of sp³-hybridized carbons (Fsp3) is 0.0667. The number of hydrogen-bond donors (Lipinski definition) is 0. The molecule has 0 aromatic heterocycles. The summed E-state index contributed by atoms with van der Waals surface area (Å²) in [6, 6.07) is 13.7. The van der Waals surface area contributed by atoms with Crippen LogP contribution in [-0.4, -0.2) is 15.0 Å². The van der Waals surface area contributed by atoms with Gasteiger partial charge in [-0.2, -0.15) is 0 Å². The number of hydrogen-bond acceptors (Lipinski definition) is 2. The van der Waals surface area contributed by atoms with Crippen LogP contribution in [0.4, 0.5) is 5.69 Å². The molecule has 0 bridgehead atoms. The van der Waals surface area contributed by atoms with Crippen LogP contribution in [0.5, 0.6) is 0 Å². The van der Waals surface area contributed by atoms with E-state index in [0.29, 0.717) is 5.69 Å². The van der Waals surface area contributed by atoms with Crippen LogP contribution in [0, 0.1) is 0 Å². The Morgan fingerprint density at radius 1 is 0.952 bits per heavy atom. The molecule has 0 radical (unpaired) electrons. The van der Waals surface area contributed by atoms with Crippen molar-refractivity contribution in [3.63, 3.8) is 0 Å². The first-order valence-corrected chi connectivity index (χ1v) is 9.12. The maximum Gasteiger partial charge on any atom is 0.264 e. The van der Waals surface area contributed by atoms with Crippen LogP contribution in [0.1, 0.15) is 0 Å². The highest BCUT2D eigenvalue weighted by molar-refractivity contribution is 9.10. The number of rotatable bonds is 5. The molecule has 21 heavy (non-hydrogen) atoms. The minimum atomic E-state index is -3.62. The van der Waals surface area contributed by atoms with Gasteiger partial charge in [0.05, 0.1) is 17.1 Å². The first-order valence-electron chi connectivity index (χ1n) is 6.10. The Kier molecular flexibility index (Phi) is 5.24. The van der Waals surface area contributed by atoms with Gasteiger partial charge >= 0.3 is 0 Å². The summed E-state index contributed by atoms with van der Waals surface area (Å²) in [6.45, 7) is 3.85. The van der Waals surface area contributed by atoms with Gasteiger partial charge in [-0.15, -0.1) is 6.58 Å². The smallest absolute Gasteiger partial charge is 0.263 e. The van der Waals surface area contributed by atoms with Crippen LogP contribution in [0.25, 0.3) is 0 Å². The molecule has 2 aromatic carbocycles. The molecule has 110 valence electrons. The van der Waals surface area contributed by atoms with Gasteiger partial charge < -0.3 is 0 Å². The minimum absolute atomic E-state index is 0.208. The van der Waals surface area contributed by atoms with E-state index >= 15 is 0 Å². The predicted molar refractivity (Wildman–Crippen MR) is 93.0 cm³/mol. The molecule has 0 atom stereocenters. The van der Waals surface area contributed by atoms with Crippen LogP contribution in [0.15, 0.2) is 75.0 Å². The summed E-state index contributed by atoms with van der Waals surface area (Å²) < 4.78 is 28.6. The second kappa shape index (κ2) is 6.77. The number of nitrogens with zero attached hydrogens (tertiary/aromatic N) is 1. The number of benzene rings is 2. The Labute approximate surface area is 141 Å². The van der Waals surface area contributed by atoms with E-state index in [0.717, 1.165) is 8.95 Å². The third-order valence-electron chi connectivity index (χ3n) is 2.81. The third-order valence-corrected chi connectivity index (χ3v) is 5.68. The van der Waals surface area contributed by atoms with Gasteiger partial charge in [0.15, 0.2) is 0 Å². The Hall–Kier alpha value is -1.11. The van der Waals surface area contributed by atoms with Crippen LogP contribution in [-0.2, 0) is 10.0 Å². The molecule has 0 saturated heterocycles. The van der Waals surface area contributed by atoms with E-state index in [2.05, 4.69) is 38.4 Å². The van der Waals surface area contributed by atoms with Crippen molar-refractivity contribution in [3.05, 3.63) is 70.1 Å². The lowest BCUT2D eigenvalue weighted by atomic mass is 10.3. The first-order chi connectivity index (χ1) is 9.95. The maximum absolute atomic E-state index is 12.8. The van der Waals surface area contributed by atoms with Gasteiger partial charge in [-0.05, 0) is 48.5 Å². The minimum Gasteiger partial charge on any atom is -0.263 e. The number of halogens is 2. The second-order valence-corrected chi connectivity index (χ2v) is 7.95. The van der Waals surface area contributed by atoms with Crippen molar-refractivity contribution in [1.82, 2.24) is 0 Å². The molecule has 0 N–H and O–H groups in total. The molecule has 0 aliphatic heterocycles. The van der Waals surface area contributed by atoms with Crippen molar-refractivity contribution < 1.29 is 8.42 Å². The Morgan fingerprint density at radius 2 is 1.43 bits per heavy atom. The van der Waals surface area contributed by atoms with Gasteiger partial charge in [0.2, 0.25) is 0 Å². The molecule has 2 rings (SSSR count). The Morgan fingerprint density at radius 3 is 1.90 bits per heavy atom. The first kappa shape index (κ1) is 16.3. The zero-order chi connectivity index (χ0) is 15.5. The van der Waals surface area contributed by atoms with Crippen molar-refractivity contribution >= 4 is 47.6 Å². The topological polar surface area (TPSA) is 37.4 Å². The lowest BCUT2D eigenvalue weighted by Crippen LogP contribution is -2.31. The molecule has 0 unspecified atom stereocenters. The third kappa shape index (κ3) is 3.75. The van der Waals surface area contributed by atoms with Crippen LogP contribution < -0.4 is 4.31 Å². The molecule has 0 aliphatic carbocycles. The van der Waals surface area contributed by atoms with Gasteiger partial charge in [-0.3, -0.25) is 4.31 Å². The summed E-state index contributed by atoms with van der Waals surface area (Å²) in [6.07, 6.45) is 1.57. The van der Waals surface area contributed by atoms with E-state index in [-0.39, 0.29) is 11.4 Å². The normalized spacial score (nSPS) is 11.1. The molecule has 0 saturated carbocycles. The van der Waals surface area contributed by atoms with Gasteiger partial charge in [0, 0.05) is 8.95 Å². The van der Waals surface area contributed by atoms with E-state index < -0.39 is 10.0 Å². The Bertz CT molecular complexity index is 725. The average molecular weight is 431 g/mol. The van der Waals surface area contributed by atoms with Gasteiger partial charge in [0.1, 0.15) is 0 Å². The Balaban J connectivity index is 2.47. The molecule has 0 fully saturated rings. The lowest BCUT2D eigenvalue weighted by molar-refractivity contribution is 0.593. The van der Waals surface area contributed by atoms with Crippen LogP contribution in [0.2, 0.25) is 0 Å². The maximum atomic E-state index is 12.8. The summed E-state index contributed by atoms with van der Waals surface area (Å²) in [4.78, 5) is 0.246. The molecule has 6 heteroatoms. The summed E-state index contributed by atoms with van der Waals surface area (Å²) in [5.41, 5.74) is 0.598. The largest absolute Gasteiger partial charge is 0.264 e. The van der Waals surface area contributed by atoms with Crippen LogP contribution in [0.3, 0.4) is 0 Å². The van der Waals surface area contributed by atoms with Gasteiger partial charge in [-0.1, -0.05) is 37.9 Å². The van der Waals surface area contributed by atoms with Crippen LogP contribution >= 0.6 is 31.9 Å².